The predicted molar refractivity (Wildman–Crippen MR) is 90.9 cm³/mol. The first-order chi connectivity index (χ1) is 10.1. The average Bonchev–Trinajstić information content (AvgIpc) is 3.04. The van der Waals surface area contributed by atoms with Gasteiger partial charge in [-0.1, -0.05) is 12.1 Å². The molecule has 1 aliphatic rings. The fraction of sp³-hybridized carbons (Fsp3) is 0.375. The standard InChI is InChI=1S/C16H18IN3O/c1-19-11-14(12-4-6-13(17)7-5-12)18-15(19)8-10-20-9-2-3-16(20)21/h4-7,11H,2-3,8-10H2,1H3. The van der Waals surface area contributed by atoms with Gasteiger partial charge in [0.05, 0.1) is 5.69 Å². The summed E-state index contributed by atoms with van der Waals surface area (Å²) in [5.41, 5.74) is 2.13. The Labute approximate surface area is 138 Å². The van der Waals surface area contributed by atoms with Gasteiger partial charge in [0.25, 0.3) is 0 Å². The summed E-state index contributed by atoms with van der Waals surface area (Å²) in [4.78, 5) is 18.3. The summed E-state index contributed by atoms with van der Waals surface area (Å²) in [6.45, 7) is 1.67. The molecule has 0 aliphatic carbocycles. The van der Waals surface area contributed by atoms with Crippen LogP contribution < -0.4 is 0 Å². The third kappa shape index (κ3) is 3.28. The van der Waals surface area contributed by atoms with Gasteiger partial charge in [0, 0.05) is 48.3 Å². The first kappa shape index (κ1) is 14.6. The van der Waals surface area contributed by atoms with Crippen LogP contribution in [-0.2, 0) is 18.3 Å². The minimum Gasteiger partial charge on any atom is -0.342 e. The Kier molecular flexibility index (Phi) is 4.28. The summed E-state index contributed by atoms with van der Waals surface area (Å²) in [7, 11) is 2.02. The monoisotopic (exact) mass is 395 g/mol. The number of rotatable bonds is 4. The number of carbonyl (C=O) groups excluding carboxylic acids is 1. The van der Waals surface area contributed by atoms with Gasteiger partial charge in [-0.3, -0.25) is 4.79 Å². The molecule has 1 aromatic heterocycles. The third-order valence-electron chi connectivity index (χ3n) is 3.89. The molecule has 1 saturated heterocycles. The lowest BCUT2D eigenvalue weighted by atomic mass is 10.2. The van der Waals surface area contributed by atoms with E-state index in [4.69, 9.17) is 4.98 Å². The summed E-state index contributed by atoms with van der Waals surface area (Å²) < 4.78 is 3.29. The summed E-state index contributed by atoms with van der Waals surface area (Å²) in [5, 5.41) is 0. The largest absolute Gasteiger partial charge is 0.342 e. The lowest BCUT2D eigenvalue weighted by molar-refractivity contribution is -0.127. The molecule has 0 spiro atoms. The fourth-order valence-corrected chi connectivity index (χ4v) is 3.03. The number of likely N-dealkylation sites (tertiary alicyclic amines) is 1. The second-order valence-corrected chi connectivity index (χ2v) is 6.64. The Morgan fingerprint density at radius 3 is 2.71 bits per heavy atom. The molecule has 2 aromatic rings. The highest BCUT2D eigenvalue weighted by molar-refractivity contribution is 14.1. The molecule has 0 unspecified atom stereocenters. The second kappa shape index (κ2) is 6.17. The Hall–Kier alpha value is -1.37. The molecule has 4 nitrogen and oxygen atoms in total. The second-order valence-electron chi connectivity index (χ2n) is 5.39. The van der Waals surface area contributed by atoms with Crippen molar-refractivity contribution in [1.82, 2.24) is 14.5 Å². The normalized spacial score (nSPS) is 15.0. The van der Waals surface area contributed by atoms with Crippen molar-refractivity contribution >= 4 is 28.5 Å². The molecule has 2 heterocycles. The molecular weight excluding hydrogens is 377 g/mol. The number of aryl methyl sites for hydroxylation is 1. The van der Waals surface area contributed by atoms with Crippen molar-refractivity contribution < 1.29 is 4.79 Å². The molecule has 1 fully saturated rings. The van der Waals surface area contributed by atoms with Crippen molar-refractivity contribution in [3.63, 3.8) is 0 Å². The maximum atomic E-state index is 11.6. The predicted octanol–water partition coefficient (Wildman–Crippen LogP) is 2.86. The van der Waals surface area contributed by atoms with E-state index >= 15 is 0 Å². The van der Waals surface area contributed by atoms with Gasteiger partial charge in [0.15, 0.2) is 0 Å². The van der Waals surface area contributed by atoms with Crippen molar-refractivity contribution in [3.8, 4) is 11.3 Å². The zero-order chi connectivity index (χ0) is 14.8. The van der Waals surface area contributed by atoms with Gasteiger partial charge in [-0.15, -0.1) is 0 Å². The van der Waals surface area contributed by atoms with Crippen LogP contribution in [0.15, 0.2) is 30.5 Å². The number of aromatic nitrogens is 2. The minimum atomic E-state index is 0.280. The van der Waals surface area contributed by atoms with Crippen molar-refractivity contribution in [2.24, 2.45) is 7.05 Å². The number of hydrogen-bond donors (Lipinski definition) is 0. The zero-order valence-corrected chi connectivity index (χ0v) is 14.2. The molecule has 5 heteroatoms. The Morgan fingerprint density at radius 1 is 1.29 bits per heavy atom. The highest BCUT2D eigenvalue weighted by Crippen LogP contribution is 2.20. The van der Waals surface area contributed by atoms with Gasteiger partial charge in [0.2, 0.25) is 5.91 Å². The van der Waals surface area contributed by atoms with Crippen LogP contribution >= 0.6 is 22.6 Å². The Bertz CT molecular complexity index is 648. The summed E-state index contributed by atoms with van der Waals surface area (Å²) >= 11 is 2.30. The van der Waals surface area contributed by atoms with E-state index in [0.29, 0.717) is 6.42 Å². The summed E-state index contributed by atoms with van der Waals surface area (Å²) in [5.74, 6) is 1.31. The van der Waals surface area contributed by atoms with Crippen LogP contribution in [0.25, 0.3) is 11.3 Å². The zero-order valence-electron chi connectivity index (χ0n) is 12.1. The average molecular weight is 395 g/mol. The molecule has 110 valence electrons. The number of imidazole rings is 1. The van der Waals surface area contributed by atoms with Crippen LogP contribution in [0.3, 0.4) is 0 Å². The van der Waals surface area contributed by atoms with Gasteiger partial charge < -0.3 is 9.47 Å². The first-order valence-electron chi connectivity index (χ1n) is 7.19. The van der Waals surface area contributed by atoms with E-state index in [1.807, 2.05) is 11.9 Å². The maximum Gasteiger partial charge on any atom is 0.222 e. The molecule has 1 aromatic carbocycles. The molecule has 1 amide bonds. The van der Waals surface area contributed by atoms with E-state index < -0.39 is 0 Å². The molecular formula is C16H18IN3O. The van der Waals surface area contributed by atoms with Gasteiger partial charge in [-0.05, 0) is 41.1 Å². The lowest BCUT2D eigenvalue weighted by Crippen LogP contribution is -2.27. The highest BCUT2D eigenvalue weighted by atomic mass is 127. The van der Waals surface area contributed by atoms with Gasteiger partial charge >= 0.3 is 0 Å². The van der Waals surface area contributed by atoms with Crippen LogP contribution in [0.5, 0.6) is 0 Å². The molecule has 0 atom stereocenters. The molecule has 3 rings (SSSR count). The van der Waals surface area contributed by atoms with Crippen molar-refractivity contribution in [2.75, 3.05) is 13.1 Å². The molecule has 21 heavy (non-hydrogen) atoms. The SMILES string of the molecule is Cn1cc(-c2ccc(I)cc2)nc1CCN1CCCC1=O. The van der Waals surface area contributed by atoms with Crippen molar-refractivity contribution in [3.05, 3.63) is 39.9 Å². The molecule has 0 radical (unpaired) electrons. The van der Waals surface area contributed by atoms with Crippen molar-refractivity contribution in [1.29, 1.82) is 0 Å². The molecule has 0 N–H and O–H groups in total. The van der Waals surface area contributed by atoms with Gasteiger partial charge in [0.1, 0.15) is 5.82 Å². The van der Waals surface area contributed by atoms with Crippen LogP contribution in [0.4, 0.5) is 0 Å². The summed E-state index contributed by atoms with van der Waals surface area (Å²) in [6.07, 6.45) is 4.57. The maximum absolute atomic E-state index is 11.6. The number of hydrogen-bond acceptors (Lipinski definition) is 2. The molecule has 0 saturated carbocycles. The van der Waals surface area contributed by atoms with Crippen LogP contribution in [0, 0.1) is 3.57 Å². The Morgan fingerprint density at radius 2 is 2.05 bits per heavy atom. The van der Waals surface area contributed by atoms with E-state index in [0.717, 1.165) is 43.0 Å². The summed E-state index contributed by atoms with van der Waals surface area (Å²) in [6, 6.07) is 8.37. The Balaban J connectivity index is 1.72. The van der Waals surface area contributed by atoms with E-state index in [1.54, 1.807) is 0 Å². The molecule has 0 bridgehead atoms. The third-order valence-corrected chi connectivity index (χ3v) is 4.61. The number of amides is 1. The number of nitrogens with zero attached hydrogens (tertiary/aromatic N) is 3. The highest BCUT2D eigenvalue weighted by Gasteiger charge is 2.20. The van der Waals surface area contributed by atoms with Crippen molar-refractivity contribution in [2.45, 2.75) is 19.3 Å². The smallest absolute Gasteiger partial charge is 0.222 e. The van der Waals surface area contributed by atoms with E-state index in [1.165, 1.54) is 3.57 Å². The van der Waals surface area contributed by atoms with Crippen LogP contribution in [-0.4, -0.2) is 33.4 Å². The quantitative estimate of drug-likeness (QED) is 0.747. The topological polar surface area (TPSA) is 38.1 Å². The molecule has 1 aliphatic heterocycles. The minimum absolute atomic E-state index is 0.280. The van der Waals surface area contributed by atoms with E-state index in [2.05, 4.69) is 57.6 Å². The van der Waals surface area contributed by atoms with Gasteiger partial charge in [-0.25, -0.2) is 4.98 Å². The van der Waals surface area contributed by atoms with Crippen LogP contribution in [0.1, 0.15) is 18.7 Å². The first-order valence-corrected chi connectivity index (χ1v) is 8.27. The number of halogens is 1. The van der Waals surface area contributed by atoms with E-state index in [-0.39, 0.29) is 5.91 Å². The lowest BCUT2D eigenvalue weighted by Gasteiger charge is -2.14. The number of benzene rings is 1. The number of carbonyl (C=O) groups is 1. The van der Waals surface area contributed by atoms with Crippen LogP contribution in [0.2, 0.25) is 0 Å². The van der Waals surface area contributed by atoms with E-state index in [9.17, 15) is 4.79 Å². The fourth-order valence-electron chi connectivity index (χ4n) is 2.67. The van der Waals surface area contributed by atoms with Gasteiger partial charge in [-0.2, -0.15) is 0 Å².